The van der Waals surface area contributed by atoms with E-state index in [2.05, 4.69) is 10.4 Å². The lowest BCUT2D eigenvalue weighted by atomic mass is 10.0. The molecule has 0 aliphatic rings. The molecular formula is C18H24FN3O2. The minimum Gasteiger partial charge on any atom is -0.388 e. The molecule has 2 N–H and O–H groups in total. The van der Waals surface area contributed by atoms with Crippen LogP contribution in [-0.4, -0.2) is 20.8 Å². The molecule has 0 spiro atoms. The first-order valence-electron chi connectivity index (χ1n) is 8.06. The number of aliphatic hydroxyl groups is 1. The number of hydrogen-bond acceptors (Lipinski definition) is 3. The van der Waals surface area contributed by atoms with Crippen molar-refractivity contribution in [2.45, 2.75) is 45.8 Å². The van der Waals surface area contributed by atoms with E-state index >= 15 is 0 Å². The van der Waals surface area contributed by atoms with E-state index in [4.69, 9.17) is 0 Å². The van der Waals surface area contributed by atoms with Crippen molar-refractivity contribution in [2.24, 2.45) is 7.05 Å². The summed E-state index contributed by atoms with van der Waals surface area (Å²) in [6, 6.07) is 5.50. The Balaban J connectivity index is 2.07. The summed E-state index contributed by atoms with van der Waals surface area (Å²) in [5.74, 6) is -0.707. The molecule has 0 aliphatic heterocycles. The number of nitrogens with one attached hydrogen (secondary N) is 1. The van der Waals surface area contributed by atoms with Gasteiger partial charge in [0.25, 0.3) is 0 Å². The fourth-order valence-electron chi connectivity index (χ4n) is 2.93. The van der Waals surface area contributed by atoms with Crippen molar-refractivity contribution >= 4 is 5.91 Å². The Morgan fingerprint density at radius 1 is 1.42 bits per heavy atom. The summed E-state index contributed by atoms with van der Waals surface area (Å²) in [7, 11) is 1.87. The first kappa shape index (κ1) is 18.1. The number of nitrogens with zero attached hydrogens (tertiary/aromatic N) is 2. The molecule has 5 nitrogen and oxygen atoms in total. The third kappa shape index (κ3) is 4.00. The molecule has 2 rings (SSSR count). The van der Waals surface area contributed by atoms with E-state index in [-0.39, 0.29) is 18.4 Å². The van der Waals surface area contributed by atoms with Gasteiger partial charge in [-0.05, 0) is 38.0 Å². The Bertz CT molecular complexity index is 727. The number of aromatic nitrogens is 2. The summed E-state index contributed by atoms with van der Waals surface area (Å²) in [5.41, 5.74) is 3.29. The van der Waals surface area contributed by atoms with Crippen LogP contribution < -0.4 is 5.32 Å². The van der Waals surface area contributed by atoms with Crippen molar-refractivity contribution in [2.75, 3.05) is 0 Å². The average molecular weight is 333 g/mol. The van der Waals surface area contributed by atoms with Gasteiger partial charge in [-0.15, -0.1) is 0 Å². The minimum atomic E-state index is -1.03. The number of aliphatic hydroxyl groups excluding tert-OH is 1. The van der Waals surface area contributed by atoms with E-state index in [1.807, 2.05) is 27.8 Å². The van der Waals surface area contributed by atoms with Crippen molar-refractivity contribution in [3.8, 4) is 0 Å². The van der Waals surface area contributed by atoms with Crippen molar-refractivity contribution in [3.05, 3.63) is 52.6 Å². The van der Waals surface area contributed by atoms with Gasteiger partial charge in [0.1, 0.15) is 5.82 Å². The van der Waals surface area contributed by atoms with Crippen LogP contribution in [0.4, 0.5) is 4.39 Å². The molecule has 0 saturated heterocycles. The van der Waals surface area contributed by atoms with Gasteiger partial charge in [0.05, 0.1) is 24.3 Å². The fraction of sp³-hybridized carbons (Fsp3) is 0.444. The molecule has 1 heterocycles. The molecule has 1 aromatic heterocycles. The third-order valence-electron chi connectivity index (χ3n) is 4.27. The van der Waals surface area contributed by atoms with E-state index in [1.165, 1.54) is 18.2 Å². The summed E-state index contributed by atoms with van der Waals surface area (Å²) in [6.45, 7) is 5.87. The Labute approximate surface area is 141 Å². The lowest BCUT2D eigenvalue weighted by Gasteiger charge is -2.19. The monoisotopic (exact) mass is 333 g/mol. The summed E-state index contributed by atoms with van der Waals surface area (Å²) < 4.78 is 15.0. The lowest BCUT2D eigenvalue weighted by Crippen LogP contribution is -2.30. The molecule has 24 heavy (non-hydrogen) atoms. The highest BCUT2D eigenvalue weighted by atomic mass is 19.1. The fourth-order valence-corrected chi connectivity index (χ4v) is 2.93. The number of carbonyl (C=O) groups excluding carboxylic acids is 1. The molecule has 0 aliphatic carbocycles. The van der Waals surface area contributed by atoms with Crippen LogP contribution in [0.15, 0.2) is 24.3 Å². The van der Waals surface area contributed by atoms with E-state index in [0.29, 0.717) is 5.56 Å². The third-order valence-corrected chi connectivity index (χ3v) is 4.27. The van der Waals surface area contributed by atoms with Crippen LogP contribution in [0.3, 0.4) is 0 Å². The van der Waals surface area contributed by atoms with Gasteiger partial charge in [-0.1, -0.05) is 19.1 Å². The maximum atomic E-state index is 13.2. The molecule has 6 heteroatoms. The summed E-state index contributed by atoms with van der Waals surface area (Å²) in [4.78, 5) is 12.3. The van der Waals surface area contributed by atoms with Crippen LogP contribution in [0.25, 0.3) is 0 Å². The van der Waals surface area contributed by atoms with Crippen LogP contribution >= 0.6 is 0 Å². The second kappa shape index (κ2) is 7.57. The maximum absolute atomic E-state index is 13.2. The van der Waals surface area contributed by atoms with Crippen LogP contribution in [0.5, 0.6) is 0 Å². The molecule has 1 aromatic carbocycles. The van der Waals surface area contributed by atoms with Crippen molar-refractivity contribution in [1.29, 1.82) is 0 Å². The molecular weight excluding hydrogens is 309 g/mol. The number of rotatable bonds is 6. The zero-order chi connectivity index (χ0) is 17.9. The second-order valence-corrected chi connectivity index (χ2v) is 6.01. The predicted molar refractivity (Wildman–Crippen MR) is 89.8 cm³/mol. The van der Waals surface area contributed by atoms with Crippen LogP contribution in [0, 0.1) is 19.7 Å². The van der Waals surface area contributed by atoms with E-state index < -0.39 is 11.9 Å². The molecule has 1 amide bonds. The zero-order valence-corrected chi connectivity index (χ0v) is 14.5. The number of aryl methyl sites for hydroxylation is 2. The molecule has 130 valence electrons. The van der Waals surface area contributed by atoms with Crippen LogP contribution in [-0.2, 0) is 11.8 Å². The molecule has 0 saturated carbocycles. The van der Waals surface area contributed by atoms with Gasteiger partial charge in [-0.25, -0.2) is 4.39 Å². The van der Waals surface area contributed by atoms with Gasteiger partial charge in [0, 0.05) is 18.3 Å². The quantitative estimate of drug-likeness (QED) is 0.854. The summed E-state index contributed by atoms with van der Waals surface area (Å²) in [5, 5.41) is 17.5. The predicted octanol–water partition coefficient (Wildman–Crippen LogP) is 2.87. The number of hydrogen-bond donors (Lipinski definition) is 2. The molecule has 0 fully saturated rings. The first-order valence-corrected chi connectivity index (χ1v) is 8.06. The van der Waals surface area contributed by atoms with Gasteiger partial charge < -0.3 is 10.4 Å². The van der Waals surface area contributed by atoms with Crippen molar-refractivity contribution in [3.63, 3.8) is 0 Å². The molecule has 2 atom stereocenters. The van der Waals surface area contributed by atoms with Crippen LogP contribution in [0.1, 0.15) is 54.4 Å². The molecule has 2 unspecified atom stereocenters. The topological polar surface area (TPSA) is 67.2 Å². The number of carbonyl (C=O) groups is 1. The number of amides is 1. The number of benzene rings is 1. The van der Waals surface area contributed by atoms with Gasteiger partial charge in [0.2, 0.25) is 5.91 Å². The van der Waals surface area contributed by atoms with E-state index in [9.17, 15) is 14.3 Å². The van der Waals surface area contributed by atoms with Crippen molar-refractivity contribution in [1.82, 2.24) is 15.1 Å². The highest BCUT2D eigenvalue weighted by Crippen LogP contribution is 2.24. The molecule has 0 bridgehead atoms. The Hall–Kier alpha value is -2.21. The highest BCUT2D eigenvalue weighted by molar-refractivity contribution is 5.77. The van der Waals surface area contributed by atoms with Gasteiger partial charge in [-0.3, -0.25) is 9.48 Å². The van der Waals surface area contributed by atoms with Gasteiger partial charge >= 0.3 is 0 Å². The van der Waals surface area contributed by atoms with Crippen molar-refractivity contribution < 1.29 is 14.3 Å². The SMILES string of the molecule is CCC(NC(=O)CC(O)c1cccc(F)c1)c1c(C)nn(C)c1C. The Morgan fingerprint density at radius 2 is 2.12 bits per heavy atom. The summed E-state index contributed by atoms with van der Waals surface area (Å²) >= 11 is 0. The minimum absolute atomic E-state index is 0.113. The summed E-state index contributed by atoms with van der Waals surface area (Å²) in [6.07, 6.45) is -0.428. The van der Waals surface area contributed by atoms with E-state index in [1.54, 1.807) is 10.7 Å². The molecule has 0 radical (unpaired) electrons. The normalized spacial score (nSPS) is 13.6. The Morgan fingerprint density at radius 3 is 2.67 bits per heavy atom. The molecule has 2 aromatic rings. The van der Waals surface area contributed by atoms with Gasteiger partial charge in [0.15, 0.2) is 0 Å². The second-order valence-electron chi connectivity index (χ2n) is 6.01. The smallest absolute Gasteiger partial charge is 0.223 e. The van der Waals surface area contributed by atoms with E-state index in [0.717, 1.165) is 23.4 Å². The highest BCUT2D eigenvalue weighted by Gasteiger charge is 2.22. The maximum Gasteiger partial charge on any atom is 0.223 e. The average Bonchev–Trinajstić information content (AvgIpc) is 2.78. The van der Waals surface area contributed by atoms with Gasteiger partial charge in [-0.2, -0.15) is 5.10 Å². The zero-order valence-electron chi connectivity index (χ0n) is 14.5. The Kier molecular flexibility index (Phi) is 5.72. The standard InChI is InChI=1S/C18H24FN3O2/c1-5-15(18-11(2)21-22(4)12(18)3)20-17(24)10-16(23)13-7-6-8-14(19)9-13/h6-9,15-16,23H,5,10H2,1-4H3,(H,20,24). The largest absolute Gasteiger partial charge is 0.388 e. The van der Waals surface area contributed by atoms with Crippen LogP contribution in [0.2, 0.25) is 0 Å². The number of halogens is 1. The lowest BCUT2D eigenvalue weighted by molar-refractivity contribution is -0.123. The first-order chi connectivity index (χ1) is 11.3.